The van der Waals surface area contributed by atoms with E-state index in [0.29, 0.717) is 18.6 Å². The summed E-state index contributed by atoms with van der Waals surface area (Å²) in [6.45, 7) is 7.32. The fourth-order valence-electron chi connectivity index (χ4n) is 1.98. The number of aliphatic hydroxyl groups excluding tert-OH is 1. The molecule has 2 heteroatoms. The van der Waals surface area contributed by atoms with E-state index in [1.54, 1.807) is 0 Å². The Labute approximate surface area is 93.8 Å². The van der Waals surface area contributed by atoms with Gasteiger partial charge in [-0.25, -0.2) is 0 Å². The molecule has 0 aliphatic heterocycles. The van der Waals surface area contributed by atoms with Crippen molar-refractivity contribution < 1.29 is 5.11 Å². The van der Waals surface area contributed by atoms with Gasteiger partial charge in [0.1, 0.15) is 0 Å². The van der Waals surface area contributed by atoms with Crippen LogP contribution in [-0.2, 0) is 0 Å². The molecule has 15 heavy (non-hydrogen) atoms. The maximum atomic E-state index is 8.82. The lowest BCUT2D eigenvalue weighted by Crippen LogP contribution is -2.34. The summed E-state index contributed by atoms with van der Waals surface area (Å²) in [7, 11) is 0. The van der Waals surface area contributed by atoms with Gasteiger partial charge in [0.05, 0.1) is 0 Å². The number of nitrogens with one attached hydrogen (secondary N) is 1. The smallest absolute Gasteiger partial charge is 0.0434 e. The van der Waals surface area contributed by atoms with Gasteiger partial charge in [0, 0.05) is 12.6 Å². The Morgan fingerprint density at radius 3 is 2.73 bits per heavy atom. The van der Waals surface area contributed by atoms with E-state index >= 15 is 0 Å². The van der Waals surface area contributed by atoms with Crippen LogP contribution < -0.4 is 5.32 Å². The van der Waals surface area contributed by atoms with Gasteiger partial charge in [-0.05, 0) is 50.5 Å². The summed E-state index contributed by atoms with van der Waals surface area (Å²) in [6, 6.07) is 0.684. The zero-order chi connectivity index (χ0) is 11.1. The van der Waals surface area contributed by atoms with Crippen molar-refractivity contribution in [1.82, 2.24) is 5.32 Å². The van der Waals surface area contributed by atoms with E-state index in [1.165, 1.54) is 19.3 Å². The minimum absolute atomic E-state index is 0.309. The predicted octanol–water partition coefficient (Wildman–Crippen LogP) is 2.34. The van der Waals surface area contributed by atoms with Crippen molar-refractivity contribution in [2.24, 2.45) is 11.8 Å². The molecule has 0 bridgehead atoms. The molecule has 0 aromatic rings. The van der Waals surface area contributed by atoms with Crippen LogP contribution in [0.25, 0.3) is 0 Å². The molecule has 2 atom stereocenters. The van der Waals surface area contributed by atoms with Crippen LogP contribution in [0.2, 0.25) is 0 Å². The third-order valence-corrected chi connectivity index (χ3v) is 3.22. The molecule has 0 aromatic heterocycles. The molecule has 1 fully saturated rings. The van der Waals surface area contributed by atoms with Crippen molar-refractivity contribution >= 4 is 0 Å². The molecule has 0 amide bonds. The molecule has 0 radical (unpaired) electrons. The van der Waals surface area contributed by atoms with Crippen LogP contribution in [0.4, 0.5) is 0 Å². The quantitative estimate of drug-likeness (QED) is 0.574. The van der Waals surface area contributed by atoms with E-state index < -0.39 is 0 Å². The molecule has 0 spiro atoms. The topological polar surface area (TPSA) is 32.3 Å². The lowest BCUT2D eigenvalue weighted by molar-refractivity contribution is 0.255. The summed E-state index contributed by atoms with van der Waals surface area (Å²) in [5, 5.41) is 12.5. The van der Waals surface area contributed by atoms with E-state index in [-0.39, 0.29) is 0 Å². The SMILES string of the molecule is C=CCCC(NCC(C)CCO)C1CC1. The van der Waals surface area contributed by atoms with Crippen LogP contribution in [0.1, 0.15) is 39.0 Å². The molecule has 1 saturated carbocycles. The van der Waals surface area contributed by atoms with E-state index in [0.717, 1.165) is 25.3 Å². The molecular weight excluding hydrogens is 186 g/mol. The Morgan fingerprint density at radius 2 is 2.20 bits per heavy atom. The van der Waals surface area contributed by atoms with Gasteiger partial charge < -0.3 is 10.4 Å². The highest BCUT2D eigenvalue weighted by molar-refractivity contribution is 4.88. The summed E-state index contributed by atoms with van der Waals surface area (Å²) >= 11 is 0. The van der Waals surface area contributed by atoms with Crippen LogP contribution in [0, 0.1) is 11.8 Å². The maximum Gasteiger partial charge on any atom is 0.0434 e. The molecule has 2 N–H and O–H groups in total. The van der Waals surface area contributed by atoms with Gasteiger partial charge in [-0.1, -0.05) is 13.0 Å². The molecule has 1 aliphatic carbocycles. The van der Waals surface area contributed by atoms with Crippen molar-refractivity contribution in [2.45, 2.75) is 45.1 Å². The van der Waals surface area contributed by atoms with Gasteiger partial charge in [0.2, 0.25) is 0 Å². The summed E-state index contributed by atoms with van der Waals surface area (Å²) in [6.07, 6.45) is 8.04. The third-order valence-electron chi connectivity index (χ3n) is 3.22. The Balaban J connectivity index is 2.15. The fourth-order valence-corrected chi connectivity index (χ4v) is 1.98. The highest BCUT2D eigenvalue weighted by atomic mass is 16.3. The van der Waals surface area contributed by atoms with Crippen LogP contribution in [0.3, 0.4) is 0 Å². The van der Waals surface area contributed by atoms with Crippen LogP contribution in [0.15, 0.2) is 12.7 Å². The average molecular weight is 211 g/mol. The van der Waals surface area contributed by atoms with Gasteiger partial charge in [-0.15, -0.1) is 6.58 Å². The van der Waals surface area contributed by atoms with Crippen molar-refractivity contribution in [1.29, 1.82) is 0 Å². The van der Waals surface area contributed by atoms with Gasteiger partial charge >= 0.3 is 0 Å². The monoisotopic (exact) mass is 211 g/mol. The average Bonchev–Trinajstić information content (AvgIpc) is 3.02. The first-order chi connectivity index (χ1) is 7.27. The minimum Gasteiger partial charge on any atom is -0.396 e. The number of hydrogen-bond acceptors (Lipinski definition) is 2. The molecule has 0 aromatic carbocycles. The van der Waals surface area contributed by atoms with E-state index in [1.807, 2.05) is 6.08 Å². The first kappa shape index (κ1) is 12.7. The number of allylic oxidation sites excluding steroid dienone is 1. The van der Waals surface area contributed by atoms with Gasteiger partial charge in [-0.2, -0.15) is 0 Å². The van der Waals surface area contributed by atoms with Crippen LogP contribution in [0.5, 0.6) is 0 Å². The Kier molecular flexibility index (Phi) is 5.96. The molecule has 0 heterocycles. The van der Waals surface area contributed by atoms with Crippen molar-refractivity contribution in [2.75, 3.05) is 13.2 Å². The number of aliphatic hydroxyl groups is 1. The molecule has 88 valence electrons. The molecule has 1 rings (SSSR count). The molecular formula is C13H25NO. The summed E-state index contributed by atoms with van der Waals surface area (Å²) in [5.74, 6) is 1.49. The second-order valence-corrected chi connectivity index (χ2v) is 4.84. The summed E-state index contributed by atoms with van der Waals surface area (Å²) in [4.78, 5) is 0. The largest absolute Gasteiger partial charge is 0.396 e. The maximum absolute atomic E-state index is 8.82. The fraction of sp³-hybridized carbons (Fsp3) is 0.846. The van der Waals surface area contributed by atoms with Crippen LogP contribution >= 0.6 is 0 Å². The molecule has 0 saturated heterocycles. The highest BCUT2D eigenvalue weighted by Crippen LogP contribution is 2.34. The molecule has 1 aliphatic rings. The minimum atomic E-state index is 0.309. The second kappa shape index (κ2) is 7.02. The standard InChI is InChI=1S/C13H25NO/c1-3-4-5-13(12-6-7-12)14-10-11(2)8-9-15/h3,11-15H,1,4-10H2,2H3. The predicted molar refractivity (Wildman–Crippen MR) is 64.8 cm³/mol. The zero-order valence-corrected chi connectivity index (χ0v) is 9.91. The third kappa shape index (κ3) is 5.33. The summed E-state index contributed by atoms with van der Waals surface area (Å²) < 4.78 is 0. The summed E-state index contributed by atoms with van der Waals surface area (Å²) in [5.41, 5.74) is 0. The number of rotatable bonds is 9. The van der Waals surface area contributed by atoms with Crippen LogP contribution in [-0.4, -0.2) is 24.3 Å². The lowest BCUT2D eigenvalue weighted by Gasteiger charge is -2.20. The van der Waals surface area contributed by atoms with Gasteiger partial charge in [0.15, 0.2) is 0 Å². The van der Waals surface area contributed by atoms with E-state index in [9.17, 15) is 0 Å². The number of hydrogen-bond donors (Lipinski definition) is 2. The first-order valence-corrected chi connectivity index (χ1v) is 6.23. The van der Waals surface area contributed by atoms with Gasteiger partial charge in [-0.3, -0.25) is 0 Å². The van der Waals surface area contributed by atoms with E-state index in [2.05, 4.69) is 18.8 Å². The van der Waals surface area contributed by atoms with Crippen molar-refractivity contribution in [3.8, 4) is 0 Å². The van der Waals surface area contributed by atoms with Gasteiger partial charge in [0.25, 0.3) is 0 Å². The second-order valence-electron chi connectivity index (χ2n) is 4.84. The normalized spacial score (nSPS) is 19.9. The van der Waals surface area contributed by atoms with Crippen molar-refractivity contribution in [3.05, 3.63) is 12.7 Å². The lowest BCUT2D eigenvalue weighted by atomic mass is 10.0. The Bertz CT molecular complexity index is 177. The zero-order valence-electron chi connectivity index (χ0n) is 9.91. The molecule has 2 unspecified atom stereocenters. The first-order valence-electron chi connectivity index (χ1n) is 6.23. The molecule has 2 nitrogen and oxygen atoms in total. The van der Waals surface area contributed by atoms with Crippen molar-refractivity contribution in [3.63, 3.8) is 0 Å². The highest BCUT2D eigenvalue weighted by Gasteiger charge is 2.30. The Morgan fingerprint density at radius 1 is 1.47 bits per heavy atom. The Hall–Kier alpha value is -0.340. The van der Waals surface area contributed by atoms with E-state index in [4.69, 9.17) is 5.11 Å².